The molecule has 1 aromatic heterocycles. The van der Waals surface area contributed by atoms with Gasteiger partial charge in [0.2, 0.25) is 5.76 Å². The molecule has 0 bridgehead atoms. The van der Waals surface area contributed by atoms with Gasteiger partial charge in [-0.3, -0.25) is 0 Å². The van der Waals surface area contributed by atoms with Gasteiger partial charge in [0.25, 0.3) is 0 Å². The van der Waals surface area contributed by atoms with Crippen molar-refractivity contribution in [1.82, 2.24) is 5.32 Å². The molecule has 1 aliphatic rings. The lowest BCUT2D eigenvalue weighted by atomic mass is 9.85. The molecule has 0 spiro atoms. The number of carboxylic acids is 1. The van der Waals surface area contributed by atoms with Crippen LogP contribution in [0.3, 0.4) is 0 Å². The van der Waals surface area contributed by atoms with Gasteiger partial charge in [-0.1, -0.05) is 6.42 Å². The molecule has 1 saturated carbocycles. The monoisotopic (exact) mass is 209 g/mol. The summed E-state index contributed by atoms with van der Waals surface area (Å²) in [4.78, 5) is 10.5. The Hall–Kier alpha value is -1.29. The third-order valence-electron chi connectivity index (χ3n) is 2.83. The van der Waals surface area contributed by atoms with Crippen LogP contribution in [0.5, 0.6) is 0 Å². The van der Waals surface area contributed by atoms with Gasteiger partial charge in [0, 0.05) is 0 Å². The molecule has 1 aliphatic carbocycles. The minimum Gasteiger partial charge on any atom is -0.475 e. The van der Waals surface area contributed by atoms with E-state index in [0.29, 0.717) is 12.3 Å². The van der Waals surface area contributed by atoms with Crippen LogP contribution in [0.2, 0.25) is 0 Å². The zero-order valence-corrected chi connectivity index (χ0v) is 8.53. The molecule has 1 aromatic rings. The zero-order valence-electron chi connectivity index (χ0n) is 8.53. The Labute approximate surface area is 88.3 Å². The fraction of sp³-hybridized carbons (Fsp3) is 0.545. The Morgan fingerprint density at radius 3 is 2.87 bits per heavy atom. The summed E-state index contributed by atoms with van der Waals surface area (Å²) in [7, 11) is 0. The third kappa shape index (κ3) is 2.59. The number of carboxylic acid groups (broad SMARTS) is 1. The number of hydrogen-bond donors (Lipinski definition) is 2. The van der Waals surface area contributed by atoms with Gasteiger partial charge >= 0.3 is 5.97 Å². The molecule has 4 heteroatoms. The maximum absolute atomic E-state index is 10.5. The second-order valence-corrected chi connectivity index (χ2v) is 4.00. The molecule has 1 heterocycles. The summed E-state index contributed by atoms with van der Waals surface area (Å²) in [6.45, 7) is 1.62. The lowest BCUT2D eigenvalue weighted by Gasteiger charge is -2.25. The lowest BCUT2D eigenvalue weighted by molar-refractivity contribution is 0.0660. The van der Waals surface area contributed by atoms with Crippen LogP contribution in [0.15, 0.2) is 16.5 Å². The molecule has 82 valence electrons. The van der Waals surface area contributed by atoms with Crippen molar-refractivity contribution in [3.8, 4) is 0 Å². The van der Waals surface area contributed by atoms with Gasteiger partial charge in [0.05, 0.1) is 6.54 Å². The molecule has 15 heavy (non-hydrogen) atoms. The van der Waals surface area contributed by atoms with Crippen molar-refractivity contribution in [3.05, 3.63) is 23.7 Å². The van der Waals surface area contributed by atoms with Crippen molar-refractivity contribution in [2.75, 3.05) is 6.54 Å². The first-order chi connectivity index (χ1) is 7.25. The van der Waals surface area contributed by atoms with E-state index in [1.54, 1.807) is 6.07 Å². The Kier molecular flexibility index (Phi) is 3.06. The predicted octanol–water partition coefficient (Wildman–Crippen LogP) is 1.87. The van der Waals surface area contributed by atoms with Gasteiger partial charge < -0.3 is 14.8 Å². The summed E-state index contributed by atoms with van der Waals surface area (Å²) in [6.07, 6.45) is 3.97. The summed E-state index contributed by atoms with van der Waals surface area (Å²) in [5.41, 5.74) is 0. The number of carbonyl (C=O) groups is 1. The van der Waals surface area contributed by atoms with E-state index >= 15 is 0 Å². The van der Waals surface area contributed by atoms with Crippen molar-refractivity contribution in [1.29, 1.82) is 0 Å². The topological polar surface area (TPSA) is 62.5 Å². The van der Waals surface area contributed by atoms with Crippen LogP contribution < -0.4 is 5.32 Å². The molecule has 2 N–H and O–H groups in total. The lowest BCUT2D eigenvalue weighted by Crippen LogP contribution is -2.26. The number of rotatable bonds is 5. The second kappa shape index (κ2) is 4.49. The highest BCUT2D eigenvalue weighted by Crippen LogP contribution is 2.25. The summed E-state index contributed by atoms with van der Waals surface area (Å²) < 4.78 is 5.12. The van der Waals surface area contributed by atoms with Crippen LogP contribution in [0.1, 0.15) is 35.6 Å². The highest BCUT2D eigenvalue weighted by atomic mass is 16.4. The molecule has 0 radical (unpaired) electrons. The smallest absolute Gasteiger partial charge is 0.371 e. The van der Waals surface area contributed by atoms with Gasteiger partial charge in [-0.25, -0.2) is 4.79 Å². The SMILES string of the molecule is O=C(O)c1ccc(CNCC2CCC2)o1. The first-order valence-electron chi connectivity index (χ1n) is 5.28. The van der Waals surface area contributed by atoms with E-state index in [0.717, 1.165) is 12.5 Å². The van der Waals surface area contributed by atoms with Crippen LogP contribution in [0.4, 0.5) is 0 Å². The summed E-state index contributed by atoms with van der Waals surface area (Å²) in [5.74, 6) is 0.487. The van der Waals surface area contributed by atoms with Gasteiger partial charge in [-0.15, -0.1) is 0 Å². The maximum Gasteiger partial charge on any atom is 0.371 e. The van der Waals surface area contributed by atoms with Crippen LogP contribution in [-0.4, -0.2) is 17.6 Å². The van der Waals surface area contributed by atoms with Crippen LogP contribution in [0.25, 0.3) is 0 Å². The Morgan fingerprint density at radius 2 is 2.33 bits per heavy atom. The average Bonchev–Trinajstić information content (AvgIpc) is 2.57. The standard InChI is InChI=1S/C11H15NO3/c13-11(14)10-5-4-9(15-10)7-12-6-8-2-1-3-8/h4-5,8,12H,1-3,6-7H2,(H,13,14). The Morgan fingerprint density at radius 1 is 1.53 bits per heavy atom. The minimum absolute atomic E-state index is 0.00967. The Balaban J connectivity index is 1.75. The molecule has 0 aliphatic heterocycles. The third-order valence-corrected chi connectivity index (χ3v) is 2.83. The fourth-order valence-corrected chi connectivity index (χ4v) is 1.68. The van der Waals surface area contributed by atoms with E-state index < -0.39 is 5.97 Å². The number of furan rings is 1. The summed E-state index contributed by atoms with van der Waals surface area (Å²) >= 11 is 0. The van der Waals surface area contributed by atoms with E-state index in [1.165, 1.54) is 25.3 Å². The van der Waals surface area contributed by atoms with E-state index in [2.05, 4.69) is 5.32 Å². The second-order valence-electron chi connectivity index (χ2n) is 4.00. The van der Waals surface area contributed by atoms with Crippen LogP contribution >= 0.6 is 0 Å². The molecule has 0 unspecified atom stereocenters. The van der Waals surface area contributed by atoms with Crippen molar-refractivity contribution in [3.63, 3.8) is 0 Å². The number of nitrogens with one attached hydrogen (secondary N) is 1. The molecular weight excluding hydrogens is 194 g/mol. The maximum atomic E-state index is 10.5. The molecule has 0 aromatic carbocycles. The quantitative estimate of drug-likeness (QED) is 0.777. The average molecular weight is 209 g/mol. The molecule has 0 amide bonds. The summed E-state index contributed by atoms with van der Waals surface area (Å²) in [5, 5.41) is 11.9. The zero-order chi connectivity index (χ0) is 10.7. The van der Waals surface area contributed by atoms with Crippen LogP contribution in [-0.2, 0) is 6.54 Å². The van der Waals surface area contributed by atoms with Gasteiger partial charge in [0.15, 0.2) is 0 Å². The number of hydrogen-bond acceptors (Lipinski definition) is 3. The van der Waals surface area contributed by atoms with E-state index in [4.69, 9.17) is 9.52 Å². The molecule has 0 atom stereocenters. The largest absolute Gasteiger partial charge is 0.475 e. The molecule has 0 saturated heterocycles. The van der Waals surface area contributed by atoms with Crippen molar-refractivity contribution < 1.29 is 14.3 Å². The van der Waals surface area contributed by atoms with Crippen molar-refractivity contribution >= 4 is 5.97 Å². The summed E-state index contributed by atoms with van der Waals surface area (Å²) in [6, 6.07) is 3.19. The van der Waals surface area contributed by atoms with E-state index in [1.807, 2.05) is 0 Å². The highest BCUT2D eigenvalue weighted by molar-refractivity contribution is 5.84. The first-order valence-corrected chi connectivity index (χ1v) is 5.28. The van der Waals surface area contributed by atoms with Gasteiger partial charge in [-0.05, 0) is 37.4 Å². The van der Waals surface area contributed by atoms with E-state index in [-0.39, 0.29) is 5.76 Å². The molecule has 1 fully saturated rings. The minimum atomic E-state index is -1.01. The molecule has 4 nitrogen and oxygen atoms in total. The first kappa shape index (κ1) is 10.2. The van der Waals surface area contributed by atoms with Crippen LogP contribution in [0, 0.1) is 5.92 Å². The normalized spacial score (nSPS) is 16.3. The molecule has 2 rings (SSSR count). The highest BCUT2D eigenvalue weighted by Gasteiger charge is 2.16. The molecular formula is C11H15NO3. The number of aromatic carboxylic acids is 1. The Bertz CT molecular complexity index is 341. The van der Waals surface area contributed by atoms with Gasteiger partial charge in [-0.2, -0.15) is 0 Å². The fourth-order valence-electron chi connectivity index (χ4n) is 1.68. The van der Waals surface area contributed by atoms with Gasteiger partial charge in [0.1, 0.15) is 5.76 Å². The van der Waals surface area contributed by atoms with E-state index in [9.17, 15) is 4.79 Å². The van der Waals surface area contributed by atoms with Crippen molar-refractivity contribution in [2.45, 2.75) is 25.8 Å². The van der Waals surface area contributed by atoms with Crippen molar-refractivity contribution in [2.24, 2.45) is 5.92 Å². The predicted molar refractivity (Wildman–Crippen MR) is 54.7 cm³/mol.